The van der Waals surface area contributed by atoms with Gasteiger partial charge in [-0.15, -0.1) is 0 Å². The number of aliphatic carboxylic acids is 1. The number of carbonyl (C=O) groups is 1. The molecule has 1 rings (SSSR count). The zero-order valence-corrected chi connectivity index (χ0v) is 11.5. The molecule has 1 unspecified atom stereocenters. The lowest BCUT2D eigenvalue weighted by molar-refractivity contribution is -0.131. The molecule has 0 aliphatic carbocycles. The first kappa shape index (κ1) is 15.6. The molecule has 0 saturated heterocycles. The number of benzene rings is 1. The van der Waals surface area contributed by atoms with E-state index >= 15 is 0 Å². The number of nitrogens with zero attached hydrogens (tertiary/aromatic N) is 1. The van der Waals surface area contributed by atoms with Crippen LogP contribution >= 0.6 is 0 Å². The van der Waals surface area contributed by atoms with Crippen LogP contribution < -0.4 is 9.47 Å². The third-order valence-electron chi connectivity index (χ3n) is 2.47. The van der Waals surface area contributed by atoms with Crippen LogP contribution in [0.25, 0.3) is 6.08 Å². The highest BCUT2D eigenvalue weighted by atomic mass is 16.5. The molecule has 0 amide bonds. The molecule has 106 valence electrons. The molecule has 1 N–H and O–H groups in total. The van der Waals surface area contributed by atoms with Gasteiger partial charge in [0.1, 0.15) is 6.07 Å². The molecular formula is C15H17NO4. The fourth-order valence-corrected chi connectivity index (χ4v) is 1.52. The maximum Gasteiger partial charge on any atom is 0.328 e. The van der Waals surface area contributed by atoms with E-state index in [0.717, 1.165) is 6.08 Å². The summed E-state index contributed by atoms with van der Waals surface area (Å²) < 4.78 is 11.0. The van der Waals surface area contributed by atoms with E-state index in [0.29, 0.717) is 30.1 Å². The molecule has 0 heterocycles. The molecule has 1 aromatic rings. The van der Waals surface area contributed by atoms with Gasteiger partial charge in [0.15, 0.2) is 17.6 Å². The fourth-order valence-electron chi connectivity index (χ4n) is 1.52. The minimum Gasteiger partial charge on any atom is -0.490 e. The van der Waals surface area contributed by atoms with Crippen LogP contribution in [0.4, 0.5) is 0 Å². The topological polar surface area (TPSA) is 79.6 Å². The number of rotatable bonds is 7. The number of carboxylic acids is 1. The van der Waals surface area contributed by atoms with E-state index in [4.69, 9.17) is 19.8 Å². The van der Waals surface area contributed by atoms with Crippen molar-refractivity contribution in [3.63, 3.8) is 0 Å². The van der Waals surface area contributed by atoms with Crippen molar-refractivity contribution in [2.45, 2.75) is 26.4 Å². The van der Waals surface area contributed by atoms with Crippen molar-refractivity contribution in [1.29, 1.82) is 5.26 Å². The molecule has 0 saturated carbocycles. The Balaban J connectivity index is 3.01. The Morgan fingerprint density at radius 3 is 2.75 bits per heavy atom. The van der Waals surface area contributed by atoms with Crippen molar-refractivity contribution in [2.24, 2.45) is 0 Å². The predicted molar refractivity (Wildman–Crippen MR) is 74.6 cm³/mol. The Labute approximate surface area is 118 Å². The van der Waals surface area contributed by atoms with Crippen molar-refractivity contribution < 1.29 is 19.4 Å². The van der Waals surface area contributed by atoms with Gasteiger partial charge in [0.05, 0.1) is 6.61 Å². The highest BCUT2D eigenvalue weighted by Crippen LogP contribution is 2.30. The SMILES string of the molecule is CCOc1cc(C=CC(=O)O)ccc1OC(C#N)CC. The van der Waals surface area contributed by atoms with Gasteiger partial charge in [0.2, 0.25) is 0 Å². The molecule has 0 spiro atoms. The molecule has 5 heteroatoms. The quantitative estimate of drug-likeness (QED) is 0.774. The number of hydrogen-bond donors (Lipinski definition) is 1. The molecule has 1 atom stereocenters. The zero-order valence-electron chi connectivity index (χ0n) is 11.5. The van der Waals surface area contributed by atoms with Gasteiger partial charge >= 0.3 is 5.97 Å². The van der Waals surface area contributed by atoms with E-state index in [1.54, 1.807) is 18.2 Å². The molecule has 0 aromatic heterocycles. The summed E-state index contributed by atoms with van der Waals surface area (Å²) in [5.74, 6) is -0.0414. The standard InChI is InChI=1S/C15H17NO4/c1-3-12(10-16)20-13-7-5-11(6-8-15(17)18)9-14(13)19-4-2/h5-9,12H,3-4H2,1-2H3,(H,17,18). The Hall–Kier alpha value is -2.48. The maximum atomic E-state index is 10.5. The Kier molecular flexibility index (Phi) is 6.11. The summed E-state index contributed by atoms with van der Waals surface area (Å²) in [6.45, 7) is 4.15. The lowest BCUT2D eigenvalue weighted by Gasteiger charge is -2.15. The minimum absolute atomic E-state index is 0.450. The number of nitriles is 1. The van der Waals surface area contributed by atoms with Crippen molar-refractivity contribution in [3.05, 3.63) is 29.8 Å². The van der Waals surface area contributed by atoms with Crippen LogP contribution in [0.3, 0.4) is 0 Å². The molecule has 20 heavy (non-hydrogen) atoms. The predicted octanol–water partition coefficient (Wildman–Crippen LogP) is 2.86. The lowest BCUT2D eigenvalue weighted by atomic mass is 10.2. The van der Waals surface area contributed by atoms with Crippen molar-refractivity contribution in [3.8, 4) is 17.6 Å². The van der Waals surface area contributed by atoms with Gasteiger partial charge < -0.3 is 14.6 Å². The first-order chi connectivity index (χ1) is 9.60. The molecule has 1 aromatic carbocycles. The normalized spacial score (nSPS) is 11.8. The first-order valence-electron chi connectivity index (χ1n) is 6.34. The number of hydrogen-bond acceptors (Lipinski definition) is 4. The van der Waals surface area contributed by atoms with Crippen molar-refractivity contribution >= 4 is 12.0 Å². The first-order valence-corrected chi connectivity index (χ1v) is 6.34. The molecular weight excluding hydrogens is 258 g/mol. The molecule has 0 aliphatic heterocycles. The number of carboxylic acid groups (broad SMARTS) is 1. The van der Waals surface area contributed by atoms with Gasteiger partial charge in [-0.05, 0) is 37.1 Å². The van der Waals surface area contributed by atoms with Gasteiger partial charge in [0.25, 0.3) is 0 Å². The third-order valence-corrected chi connectivity index (χ3v) is 2.47. The summed E-state index contributed by atoms with van der Waals surface area (Å²) >= 11 is 0. The highest BCUT2D eigenvalue weighted by Gasteiger charge is 2.11. The average Bonchev–Trinajstić information content (AvgIpc) is 2.44. The van der Waals surface area contributed by atoms with Crippen LogP contribution in [0.2, 0.25) is 0 Å². The van der Waals surface area contributed by atoms with E-state index in [2.05, 4.69) is 6.07 Å². The molecule has 0 aliphatic rings. The van der Waals surface area contributed by atoms with Gasteiger partial charge in [-0.25, -0.2) is 4.79 Å². The van der Waals surface area contributed by atoms with Gasteiger partial charge in [-0.2, -0.15) is 5.26 Å². The molecule has 0 radical (unpaired) electrons. The van der Waals surface area contributed by atoms with E-state index in [1.165, 1.54) is 6.08 Å². The Morgan fingerprint density at radius 1 is 1.45 bits per heavy atom. The highest BCUT2D eigenvalue weighted by molar-refractivity contribution is 5.85. The second-order valence-electron chi connectivity index (χ2n) is 3.95. The summed E-state index contributed by atoms with van der Waals surface area (Å²) in [5.41, 5.74) is 0.688. The minimum atomic E-state index is -1.01. The van der Waals surface area contributed by atoms with Crippen molar-refractivity contribution in [2.75, 3.05) is 6.61 Å². The molecule has 0 bridgehead atoms. The van der Waals surface area contributed by atoms with Gasteiger partial charge in [0, 0.05) is 6.08 Å². The number of ether oxygens (including phenoxy) is 2. The fraction of sp³-hybridized carbons (Fsp3) is 0.333. The summed E-state index contributed by atoms with van der Waals surface area (Å²) in [4.78, 5) is 10.5. The van der Waals surface area contributed by atoms with Crippen LogP contribution in [-0.4, -0.2) is 23.8 Å². The van der Waals surface area contributed by atoms with Crippen LogP contribution in [0.1, 0.15) is 25.8 Å². The zero-order chi connectivity index (χ0) is 15.0. The van der Waals surface area contributed by atoms with Crippen LogP contribution in [0.15, 0.2) is 24.3 Å². The Morgan fingerprint density at radius 2 is 2.20 bits per heavy atom. The summed E-state index contributed by atoms with van der Waals surface area (Å²) in [6.07, 6.45) is 2.56. The van der Waals surface area contributed by atoms with E-state index < -0.39 is 12.1 Å². The lowest BCUT2D eigenvalue weighted by Crippen LogP contribution is -2.13. The molecule has 5 nitrogen and oxygen atoms in total. The smallest absolute Gasteiger partial charge is 0.328 e. The van der Waals surface area contributed by atoms with E-state index in [9.17, 15) is 4.79 Å². The summed E-state index contributed by atoms with van der Waals surface area (Å²) in [5, 5.41) is 17.5. The molecule has 0 fully saturated rings. The van der Waals surface area contributed by atoms with Gasteiger partial charge in [-0.3, -0.25) is 0 Å². The third kappa shape index (κ3) is 4.65. The second kappa shape index (κ2) is 7.85. The van der Waals surface area contributed by atoms with E-state index in [-0.39, 0.29) is 0 Å². The second-order valence-corrected chi connectivity index (χ2v) is 3.95. The van der Waals surface area contributed by atoms with Gasteiger partial charge in [-0.1, -0.05) is 13.0 Å². The largest absolute Gasteiger partial charge is 0.490 e. The van der Waals surface area contributed by atoms with Crippen LogP contribution in [0.5, 0.6) is 11.5 Å². The van der Waals surface area contributed by atoms with Crippen LogP contribution in [0, 0.1) is 11.3 Å². The van der Waals surface area contributed by atoms with Crippen molar-refractivity contribution in [1.82, 2.24) is 0 Å². The van der Waals surface area contributed by atoms with Crippen LogP contribution in [-0.2, 0) is 4.79 Å². The summed E-state index contributed by atoms with van der Waals surface area (Å²) in [7, 11) is 0. The average molecular weight is 275 g/mol. The van der Waals surface area contributed by atoms with E-state index in [1.807, 2.05) is 13.8 Å². The summed E-state index contributed by atoms with van der Waals surface area (Å²) in [6, 6.07) is 7.12. The Bertz CT molecular complexity index is 531. The maximum absolute atomic E-state index is 10.5. The monoisotopic (exact) mass is 275 g/mol.